The van der Waals surface area contributed by atoms with Gasteiger partial charge in [0.1, 0.15) is 0 Å². The van der Waals surface area contributed by atoms with Gasteiger partial charge in [0.25, 0.3) is 0 Å². The second kappa shape index (κ2) is 6.30. The predicted octanol–water partition coefficient (Wildman–Crippen LogP) is 3.34. The Morgan fingerprint density at radius 1 is 1.36 bits per heavy atom. The van der Waals surface area contributed by atoms with Gasteiger partial charge in [0.15, 0.2) is 0 Å². The molecule has 1 aromatic carbocycles. The summed E-state index contributed by atoms with van der Waals surface area (Å²) in [5.74, 6) is 5.93. The minimum atomic E-state index is 0.438. The van der Waals surface area contributed by atoms with E-state index in [1.165, 1.54) is 3.57 Å². The Hall–Kier alpha value is -1.18. The zero-order valence-corrected chi connectivity index (χ0v) is 9.60. The van der Waals surface area contributed by atoms with E-state index < -0.39 is 0 Å². The third-order valence-corrected chi connectivity index (χ3v) is 2.20. The zero-order chi connectivity index (χ0) is 10.2. The van der Waals surface area contributed by atoms with Gasteiger partial charge >= 0.3 is 0 Å². The van der Waals surface area contributed by atoms with Crippen LogP contribution in [0.5, 0.6) is 0 Å². The van der Waals surface area contributed by atoms with Gasteiger partial charge in [-0.2, -0.15) is 0 Å². The third-order valence-electron chi connectivity index (χ3n) is 1.48. The molecule has 0 unspecified atom stereocenters. The van der Waals surface area contributed by atoms with Crippen molar-refractivity contribution in [3.8, 4) is 11.8 Å². The summed E-state index contributed by atoms with van der Waals surface area (Å²) in [5.41, 5.74) is 9.01. The Kier molecular flexibility index (Phi) is 4.90. The third kappa shape index (κ3) is 4.17. The van der Waals surface area contributed by atoms with E-state index in [2.05, 4.69) is 44.5 Å². The van der Waals surface area contributed by atoms with Crippen LogP contribution in [0.2, 0.25) is 0 Å². The van der Waals surface area contributed by atoms with Crippen LogP contribution in [0, 0.1) is 15.4 Å². The van der Waals surface area contributed by atoms with Gasteiger partial charge in [-0.25, -0.2) is 0 Å². The average Bonchev–Trinajstić information content (AvgIpc) is 2.21. The fourth-order valence-electron chi connectivity index (χ4n) is 0.848. The Balaban J connectivity index is 2.51. The molecule has 14 heavy (non-hydrogen) atoms. The first-order chi connectivity index (χ1) is 6.83. The number of azide groups is 1. The Morgan fingerprint density at radius 3 is 2.71 bits per heavy atom. The molecule has 0 aromatic heterocycles. The van der Waals surface area contributed by atoms with Crippen molar-refractivity contribution in [3.05, 3.63) is 43.8 Å². The fraction of sp³-hybridized carbons (Fsp3) is 0.200. The van der Waals surface area contributed by atoms with E-state index in [9.17, 15) is 0 Å². The van der Waals surface area contributed by atoms with Crippen molar-refractivity contribution < 1.29 is 0 Å². The first-order valence-electron chi connectivity index (χ1n) is 4.08. The molecule has 0 fully saturated rings. The van der Waals surface area contributed by atoms with Crippen molar-refractivity contribution in [2.45, 2.75) is 6.42 Å². The quantitative estimate of drug-likeness (QED) is 0.201. The van der Waals surface area contributed by atoms with Crippen molar-refractivity contribution in [1.82, 2.24) is 0 Å². The van der Waals surface area contributed by atoms with Crippen LogP contribution in [0.3, 0.4) is 0 Å². The summed E-state index contributed by atoms with van der Waals surface area (Å²) in [4.78, 5) is 2.65. The molecule has 3 nitrogen and oxygen atoms in total. The molecule has 0 saturated heterocycles. The SMILES string of the molecule is [N-]=[N+]=NCCC#Cc1ccc(I)cc1. The number of benzene rings is 1. The minimum Gasteiger partial charge on any atom is -0.0978 e. The highest BCUT2D eigenvalue weighted by Crippen LogP contribution is 2.05. The first kappa shape index (κ1) is 10.9. The zero-order valence-electron chi connectivity index (χ0n) is 7.44. The lowest BCUT2D eigenvalue weighted by Crippen LogP contribution is -1.76. The van der Waals surface area contributed by atoms with Crippen LogP contribution < -0.4 is 0 Å². The molecule has 0 amide bonds. The molecule has 70 valence electrons. The lowest BCUT2D eigenvalue weighted by Gasteiger charge is -1.89. The Labute approximate surface area is 96.3 Å². The topological polar surface area (TPSA) is 48.8 Å². The molecule has 0 aliphatic carbocycles. The van der Waals surface area contributed by atoms with Crippen molar-refractivity contribution >= 4 is 22.6 Å². The summed E-state index contributed by atoms with van der Waals surface area (Å²) in [5, 5.41) is 3.39. The van der Waals surface area contributed by atoms with E-state index in [4.69, 9.17) is 5.53 Å². The summed E-state index contributed by atoms with van der Waals surface area (Å²) in [6.07, 6.45) is 0.607. The monoisotopic (exact) mass is 297 g/mol. The maximum absolute atomic E-state index is 8.02. The number of nitrogens with zero attached hydrogens (tertiary/aromatic N) is 3. The van der Waals surface area contributed by atoms with Gasteiger partial charge in [-0.3, -0.25) is 0 Å². The molecule has 0 N–H and O–H groups in total. The van der Waals surface area contributed by atoms with Crippen molar-refractivity contribution in [1.29, 1.82) is 0 Å². The van der Waals surface area contributed by atoms with Crippen molar-refractivity contribution in [2.75, 3.05) is 6.54 Å². The van der Waals surface area contributed by atoms with Crippen molar-refractivity contribution in [2.24, 2.45) is 5.11 Å². The van der Waals surface area contributed by atoms with Crippen LogP contribution in [0.25, 0.3) is 10.4 Å². The van der Waals surface area contributed by atoms with E-state index in [0.29, 0.717) is 13.0 Å². The van der Waals surface area contributed by atoms with Crippen LogP contribution >= 0.6 is 22.6 Å². The molecular weight excluding hydrogens is 289 g/mol. The summed E-state index contributed by atoms with van der Waals surface area (Å²) in [7, 11) is 0. The fourth-order valence-corrected chi connectivity index (χ4v) is 1.21. The van der Waals surface area contributed by atoms with Crippen LogP contribution in [0.15, 0.2) is 29.4 Å². The largest absolute Gasteiger partial charge is 0.0978 e. The average molecular weight is 297 g/mol. The van der Waals surface area contributed by atoms with Crippen LogP contribution in [0.1, 0.15) is 12.0 Å². The molecule has 0 heterocycles. The summed E-state index contributed by atoms with van der Waals surface area (Å²) in [6, 6.07) is 7.97. The van der Waals surface area contributed by atoms with Gasteiger partial charge < -0.3 is 0 Å². The minimum absolute atomic E-state index is 0.438. The number of rotatable bonds is 2. The lowest BCUT2D eigenvalue weighted by atomic mass is 10.2. The number of halogens is 1. The van der Waals surface area contributed by atoms with Crippen LogP contribution in [-0.2, 0) is 0 Å². The van der Waals surface area contributed by atoms with E-state index in [0.717, 1.165) is 5.56 Å². The Morgan fingerprint density at radius 2 is 2.07 bits per heavy atom. The van der Waals surface area contributed by atoms with E-state index in [-0.39, 0.29) is 0 Å². The van der Waals surface area contributed by atoms with Crippen LogP contribution in [-0.4, -0.2) is 6.54 Å². The second-order valence-corrected chi connectivity index (χ2v) is 3.76. The highest BCUT2D eigenvalue weighted by Gasteiger charge is 1.85. The van der Waals surface area contributed by atoms with Gasteiger partial charge in [-0.1, -0.05) is 17.0 Å². The van der Waals surface area contributed by atoms with Gasteiger partial charge in [-0.15, -0.1) is 0 Å². The Bertz CT molecular complexity index is 394. The van der Waals surface area contributed by atoms with E-state index in [1.807, 2.05) is 24.3 Å². The van der Waals surface area contributed by atoms with E-state index in [1.54, 1.807) is 0 Å². The normalized spacial score (nSPS) is 8.36. The molecular formula is C10H8IN3. The molecule has 1 rings (SSSR count). The van der Waals surface area contributed by atoms with Crippen molar-refractivity contribution in [3.63, 3.8) is 0 Å². The summed E-state index contributed by atoms with van der Waals surface area (Å²) >= 11 is 2.25. The molecule has 1 aromatic rings. The summed E-state index contributed by atoms with van der Waals surface area (Å²) < 4.78 is 1.20. The highest BCUT2D eigenvalue weighted by atomic mass is 127. The van der Waals surface area contributed by atoms with Gasteiger partial charge in [0, 0.05) is 27.0 Å². The molecule has 0 aliphatic heterocycles. The predicted molar refractivity (Wildman–Crippen MR) is 64.7 cm³/mol. The maximum atomic E-state index is 8.02. The molecule has 0 bridgehead atoms. The van der Waals surface area contributed by atoms with Gasteiger partial charge in [0.2, 0.25) is 0 Å². The standard InChI is InChI=1S/C10H8IN3/c11-10-6-4-9(5-7-10)3-1-2-8-13-14-12/h4-7H,2,8H2. The highest BCUT2D eigenvalue weighted by molar-refractivity contribution is 14.1. The molecule has 0 atom stereocenters. The molecule has 0 spiro atoms. The first-order valence-corrected chi connectivity index (χ1v) is 5.16. The number of hydrogen-bond donors (Lipinski definition) is 0. The molecule has 0 saturated carbocycles. The van der Waals surface area contributed by atoms with E-state index >= 15 is 0 Å². The maximum Gasteiger partial charge on any atom is 0.0367 e. The molecule has 4 heteroatoms. The van der Waals surface area contributed by atoms with Crippen LogP contribution in [0.4, 0.5) is 0 Å². The lowest BCUT2D eigenvalue weighted by molar-refractivity contribution is 1.01. The number of hydrogen-bond acceptors (Lipinski definition) is 1. The smallest absolute Gasteiger partial charge is 0.0367 e. The molecule has 0 aliphatic rings. The molecule has 0 radical (unpaired) electrons. The van der Waals surface area contributed by atoms with Gasteiger partial charge in [-0.05, 0) is 52.4 Å². The second-order valence-electron chi connectivity index (χ2n) is 2.51. The van der Waals surface area contributed by atoms with Gasteiger partial charge in [0.05, 0.1) is 0 Å². The summed E-state index contributed by atoms with van der Waals surface area (Å²) in [6.45, 7) is 0.438.